The van der Waals surface area contributed by atoms with Crippen LogP contribution in [0.15, 0.2) is 59.8 Å². The van der Waals surface area contributed by atoms with Gasteiger partial charge in [-0.3, -0.25) is 9.78 Å². The van der Waals surface area contributed by atoms with Gasteiger partial charge in [0.05, 0.1) is 26.0 Å². The summed E-state index contributed by atoms with van der Waals surface area (Å²) in [5.74, 6) is 0.941. The molecule has 0 saturated carbocycles. The lowest BCUT2D eigenvalue weighted by molar-refractivity contribution is 0.0955. The molecule has 3 rings (SSSR count). The van der Waals surface area contributed by atoms with Gasteiger partial charge in [0.15, 0.2) is 11.5 Å². The predicted octanol–water partition coefficient (Wildman–Crippen LogP) is 3.02. The number of amides is 1. The number of hydrogen-bond acceptors (Lipinski definition) is 5. The molecule has 0 aliphatic carbocycles. The Balaban J connectivity index is 1.71. The summed E-state index contributed by atoms with van der Waals surface area (Å²) in [6.07, 6.45) is 3.26. The fraction of sp³-hybridized carbons (Fsp3) is 0.105. The summed E-state index contributed by atoms with van der Waals surface area (Å²) in [6, 6.07) is 14.4. The second kappa shape index (κ2) is 7.44. The van der Waals surface area contributed by atoms with Crippen LogP contribution < -0.4 is 14.9 Å². The van der Waals surface area contributed by atoms with Gasteiger partial charge < -0.3 is 9.47 Å². The topological polar surface area (TPSA) is 72.8 Å². The Morgan fingerprint density at radius 3 is 2.72 bits per heavy atom. The third-order valence-corrected chi connectivity index (χ3v) is 3.65. The van der Waals surface area contributed by atoms with E-state index in [1.807, 2.05) is 24.3 Å². The number of carbonyl (C=O) groups is 1. The zero-order chi connectivity index (χ0) is 17.6. The third kappa shape index (κ3) is 3.74. The molecule has 0 saturated heterocycles. The van der Waals surface area contributed by atoms with Crippen LogP contribution in [0, 0.1) is 0 Å². The predicted molar refractivity (Wildman–Crippen MR) is 96.3 cm³/mol. The van der Waals surface area contributed by atoms with E-state index in [2.05, 4.69) is 15.5 Å². The molecule has 6 nitrogen and oxygen atoms in total. The minimum Gasteiger partial charge on any atom is -0.493 e. The van der Waals surface area contributed by atoms with Gasteiger partial charge in [-0.1, -0.05) is 6.07 Å². The van der Waals surface area contributed by atoms with Gasteiger partial charge >= 0.3 is 0 Å². The van der Waals surface area contributed by atoms with Gasteiger partial charge in [-0.25, -0.2) is 5.43 Å². The zero-order valence-electron chi connectivity index (χ0n) is 13.9. The van der Waals surface area contributed by atoms with Crippen LogP contribution >= 0.6 is 0 Å². The molecular weight excluding hydrogens is 318 g/mol. The highest BCUT2D eigenvalue weighted by Crippen LogP contribution is 2.26. The molecule has 0 spiro atoms. The first kappa shape index (κ1) is 16.4. The number of pyridine rings is 1. The number of fused-ring (bicyclic) bond motifs is 1. The third-order valence-electron chi connectivity index (χ3n) is 3.65. The molecule has 1 heterocycles. The number of methoxy groups -OCH3 is 2. The van der Waals surface area contributed by atoms with Crippen LogP contribution in [0.1, 0.15) is 15.9 Å². The summed E-state index contributed by atoms with van der Waals surface area (Å²) in [5, 5.41) is 4.89. The Kier molecular flexibility index (Phi) is 4.89. The fourth-order valence-corrected chi connectivity index (χ4v) is 2.38. The Morgan fingerprint density at radius 2 is 1.92 bits per heavy atom. The SMILES string of the molecule is COc1ccc(/C=N\NC(=O)c2ccc3ncccc3c2)cc1OC. The van der Waals surface area contributed by atoms with Gasteiger partial charge in [-0.2, -0.15) is 5.10 Å². The summed E-state index contributed by atoms with van der Waals surface area (Å²) < 4.78 is 10.4. The first-order chi connectivity index (χ1) is 12.2. The van der Waals surface area contributed by atoms with Crippen LogP contribution in [0.5, 0.6) is 11.5 Å². The summed E-state index contributed by atoms with van der Waals surface area (Å²) in [4.78, 5) is 16.4. The fourth-order valence-electron chi connectivity index (χ4n) is 2.38. The van der Waals surface area contributed by atoms with E-state index in [-0.39, 0.29) is 5.91 Å². The largest absolute Gasteiger partial charge is 0.493 e. The Bertz CT molecular complexity index is 938. The van der Waals surface area contributed by atoms with Gasteiger partial charge in [-0.15, -0.1) is 0 Å². The van der Waals surface area contributed by atoms with Crippen LogP contribution in [0.3, 0.4) is 0 Å². The van der Waals surface area contributed by atoms with E-state index in [1.165, 1.54) is 0 Å². The molecule has 6 heteroatoms. The minimum absolute atomic E-state index is 0.289. The average molecular weight is 335 g/mol. The molecule has 0 aliphatic rings. The Hall–Kier alpha value is -3.41. The van der Waals surface area contributed by atoms with E-state index in [9.17, 15) is 4.79 Å². The van der Waals surface area contributed by atoms with Crippen molar-refractivity contribution in [1.29, 1.82) is 0 Å². The van der Waals surface area contributed by atoms with Crippen molar-refractivity contribution in [2.75, 3.05) is 14.2 Å². The molecule has 1 aromatic heterocycles. The van der Waals surface area contributed by atoms with Crippen molar-refractivity contribution in [3.63, 3.8) is 0 Å². The van der Waals surface area contributed by atoms with Gasteiger partial charge in [0.1, 0.15) is 0 Å². The van der Waals surface area contributed by atoms with Crippen molar-refractivity contribution in [1.82, 2.24) is 10.4 Å². The van der Waals surface area contributed by atoms with Crippen LogP contribution in [0.25, 0.3) is 10.9 Å². The van der Waals surface area contributed by atoms with Crippen molar-refractivity contribution in [3.05, 3.63) is 65.9 Å². The number of rotatable bonds is 5. The number of hydrazone groups is 1. The molecule has 1 amide bonds. The second-order valence-corrected chi connectivity index (χ2v) is 5.22. The van der Waals surface area contributed by atoms with Crippen molar-refractivity contribution < 1.29 is 14.3 Å². The second-order valence-electron chi connectivity index (χ2n) is 5.22. The first-order valence-corrected chi connectivity index (χ1v) is 7.61. The van der Waals surface area contributed by atoms with Crippen LogP contribution in [-0.2, 0) is 0 Å². The standard InChI is InChI=1S/C19H17N3O3/c1-24-17-8-5-13(10-18(17)25-2)12-21-22-19(23)15-6-7-16-14(11-15)4-3-9-20-16/h3-12H,1-2H3,(H,22,23)/b21-12-. The van der Waals surface area contributed by atoms with E-state index >= 15 is 0 Å². The molecule has 0 atom stereocenters. The van der Waals surface area contributed by atoms with Crippen molar-refractivity contribution in [2.45, 2.75) is 0 Å². The summed E-state index contributed by atoms with van der Waals surface area (Å²) in [7, 11) is 3.14. The van der Waals surface area contributed by atoms with E-state index in [4.69, 9.17) is 9.47 Å². The van der Waals surface area contributed by atoms with Crippen LogP contribution in [0.2, 0.25) is 0 Å². The van der Waals surface area contributed by atoms with Crippen LogP contribution in [0.4, 0.5) is 0 Å². The van der Waals surface area contributed by atoms with Crippen molar-refractivity contribution >= 4 is 23.0 Å². The number of benzene rings is 2. The number of hydrogen-bond donors (Lipinski definition) is 1. The molecule has 0 unspecified atom stereocenters. The van der Waals surface area contributed by atoms with Gasteiger partial charge in [0.25, 0.3) is 5.91 Å². The lowest BCUT2D eigenvalue weighted by atomic mass is 10.1. The molecule has 2 aromatic carbocycles. The molecule has 25 heavy (non-hydrogen) atoms. The molecule has 1 N–H and O–H groups in total. The number of nitrogens with one attached hydrogen (secondary N) is 1. The normalized spacial score (nSPS) is 10.8. The lowest BCUT2D eigenvalue weighted by Gasteiger charge is -2.07. The molecule has 0 bridgehead atoms. The van der Waals surface area contributed by atoms with Crippen molar-refractivity contribution in [2.24, 2.45) is 5.10 Å². The van der Waals surface area contributed by atoms with Gasteiger partial charge in [0, 0.05) is 17.1 Å². The maximum absolute atomic E-state index is 12.2. The summed E-state index contributed by atoms with van der Waals surface area (Å²) >= 11 is 0. The number of aromatic nitrogens is 1. The first-order valence-electron chi connectivity index (χ1n) is 7.61. The summed E-state index contributed by atoms with van der Waals surface area (Å²) in [5.41, 5.74) is 4.65. The van der Waals surface area contributed by atoms with Gasteiger partial charge in [-0.05, 0) is 48.0 Å². The number of nitrogens with zero attached hydrogens (tertiary/aromatic N) is 2. The Labute approximate surface area is 145 Å². The van der Waals surface area contributed by atoms with E-state index in [0.29, 0.717) is 17.1 Å². The molecule has 3 aromatic rings. The van der Waals surface area contributed by atoms with Crippen molar-refractivity contribution in [3.8, 4) is 11.5 Å². The minimum atomic E-state index is -0.289. The highest BCUT2D eigenvalue weighted by atomic mass is 16.5. The van der Waals surface area contributed by atoms with E-state index in [0.717, 1.165) is 16.5 Å². The van der Waals surface area contributed by atoms with E-state index in [1.54, 1.807) is 50.9 Å². The highest BCUT2D eigenvalue weighted by molar-refractivity contribution is 5.98. The molecule has 0 fully saturated rings. The molecule has 0 radical (unpaired) electrons. The maximum atomic E-state index is 12.2. The molecule has 126 valence electrons. The van der Waals surface area contributed by atoms with Crippen LogP contribution in [-0.4, -0.2) is 31.3 Å². The monoisotopic (exact) mass is 335 g/mol. The molecule has 0 aliphatic heterocycles. The zero-order valence-corrected chi connectivity index (χ0v) is 13.9. The maximum Gasteiger partial charge on any atom is 0.271 e. The average Bonchev–Trinajstić information content (AvgIpc) is 2.67. The lowest BCUT2D eigenvalue weighted by Crippen LogP contribution is -2.17. The number of carbonyl (C=O) groups excluding carboxylic acids is 1. The smallest absolute Gasteiger partial charge is 0.271 e. The molecular formula is C19H17N3O3. The quantitative estimate of drug-likeness (QED) is 0.575. The van der Waals surface area contributed by atoms with Gasteiger partial charge in [0.2, 0.25) is 0 Å². The van der Waals surface area contributed by atoms with E-state index < -0.39 is 0 Å². The highest BCUT2D eigenvalue weighted by Gasteiger charge is 2.06. The summed E-state index contributed by atoms with van der Waals surface area (Å²) in [6.45, 7) is 0. The Morgan fingerprint density at radius 1 is 1.08 bits per heavy atom. The number of ether oxygens (including phenoxy) is 2.